The van der Waals surface area contributed by atoms with Crippen molar-refractivity contribution in [3.8, 4) is 0 Å². The molecule has 0 saturated carbocycles. The van der Waals surface area contributed by atoms with Gasteiger partial charge in [-0.25, -0.2) is 4.98 Å². The van der Waals surface area contributed by atoms with Gasteiger partial charge >= 0.3 is 0 Å². The zero-order chi connectivity index (χ0) is 13.1. The Hall–Kier alpha value is -0.260. The van der Waals surface area contributed by atoms with Crippen molar-refractivity contribution in [2.45, 2.75) is 46.1 Å². The Labute approximate surface area is 116 Å². The number of aryl methyl sites for hydroxylation is 1. The van der Waals surface area contributed by atoms with Crippen molar-refractivity contribution in [2.24, 2.45) is 0 Å². The molecule has 1 heterocycles. The second-order valence-corrected chi connectivity index (χ2v) is 5.14. The van der Waals surface area contributed by atoms with Crippen molar-refractivity contribution < 1.29 is 4.74 Å². The number of rotatable bonds is 5. The van der Waals surface area contributed by atoms with Gasteiger partial charge in [0, 0.05) is 12.3 Å². The van der Waals surface area contributed by atoms with Crippen molar-refractivity contribution in [2.75, 3.05) is 6.61 Å². The Bertz CT molecular complexity index is 441. The zero-order valence-corrected chi connectivity index (χ0v) is 13.2. The molecule has 1 aromatic rings. The highest BCUT2D eigenvalue weighted by Gasteiger charge is 2.32. The van der Waals surface area contributed by atoms with Crippen LogP contribution in [0.1, 0.15) is 45.1 Å². The SMILES string of the molecule is CCOC(CC)(CC)c1nc(=S)c(Br)c(C)[nH]1. The molecule has 0 spiro atoms. The Morgan fingerprint density at radius 3 is 2.35 bits per heavy atom. The van der Waals surface area contributed by atoms with Gasteiger partial charge in [0.25, 0.3) is 0 Å². The van der Waals surface area contributed by atoms with E-state index in [2.05, 4.69) is 39.7 Å². The summed E-state index contributed by atoms with van der Waals surface area (Å²) in [5.41, 5.74) is 0.638. The predicted octanol–water partition coefficient (Wildman–Crippen LogP) is 4.26. The zero-order valence-electron chi connectivity index (χ0n) is 10.8. The van der Waals surface area contributed by atoms with Gasteiger partial charge in [-0.15, -0.1) is 0 Å². The first-order valence-electron chi connectivity index (χ1n) is 5.91. The van der Waals surface area contributed by atoms with Crippen LogP contribution in [0.2, 0.25) is 0 Å². The van der Waals surface area contributed by atoms with Gasteiger partial charge in [0.05, 0.1) is 4.47 Å². The fourth-order valence-electron chi connectivity index (χ4n) is 1.92. The normalized spacial score (nSPS) is 11.8. The molecule has 0 radical (unpaired) electrons. The molecular formula is C12H19BrN2OS. The van der Waals surface area contributed by atoms with Crippen LogP contribution in [0, 0.1) is 11.6 Å². The molecule has 0 unspecified atom stereocenters. The third-order valence-electron chi connectivity index (χ3n) is 3.03. The summed E-state index contributed by atoms with van der Waals surface area (Å²) in [5.74, 6) is 0.829. The van der Waals surface area contributed by atoms with Crippen LogP contribution in [0.15, 0.2) is 4.47 Å². The number of ether oxygens (including phenoxy) is 1. The van der Waals surface area contributed by atoms with E-state index < -0.39 is 0 Å². The average Bonchev–Trinajstić information content (AvgIpc) is 2.32. The standard InChI is InChI=1S/C12H19BrN2OS/c1-5-12(6-2,16-7-3)11-14-8(4)9(13)10(17)15-11/h5-7H2,1-4H3,(H,14,15,17). The molecule has 3 nitrogen and oxygen atoms in total. The van der Waals surface area contributed by atoms with Gasteiger partial charge in [-0.3, -0.25) is 0 Å². The van der Waals surface area contributed by atoms with E-state index in [1.165, 1.54) is 0 Å². The van der Waals surface area contributed by atoms with Crippen molar-refractivity contribution in [3.05, 3.63) is 20.6 Å². The molecule has 0 aliphatic carbocycles. The van der Waals surface area contributed by atoms with Crippen LogP contribution >= 0.6 is 28.1 Å². The van der Waals surface area contributed by atoms with Crippen LogP contribution in [-0.2, 0) is 10.3 Å². The van der Waals surface area contributed by atoms with E-state index in [0.29, 0.717) is 11.2 Å². The number of halogens is 1. The highest BCUT2D eigenvalue weighted by molar-refractivity contribution is 9.10. The Balaban J connectivity index is 3.33. The van der Waals surface area contributed by atoms with E-state index in [1.807, 2.05) is 13.8 Å². The number of nitrogens with zero attached hydrogens (tertiary/aromatic N) is 1. The van der Waals surface area contributed by atoms with E-state index in [1.54, 1.807) is 0 Å². The minimum absolute atomic E-state index is 0.353. The summed E-state index contributed by atoms with van der Waals surface area (Å²) in [5, 5.41) is 0. The van der Waals surface area contributed by atoms with E-state index >= 15 is 0 Å². The molecule has 17 heavy (non-hydrogen) atoms. The Morgan fingerprint density at radius 1 is 1.35 bits per heavy atom. The van der Waals surface area contributed by atoms with Gasteiger partial charge in [-0.05, 0) is 42.6 Å². The fraction of sp³-hybridized carbons (Fsp3) is 0.667. The van der Waals surface area contributed by atoms with E-state index in [4.69, 9.17) is 17.0 Å². The molecule has 0 atom stereocenters. The largest absolute Gasteiger partial charge is 0.367 e. The number of nitrogens with one attached hydrogen (secondary N) is 1. The molecule has 1 N–H and O–H groups in total. The molecule has 96 valence electrons. The summed E-state index contributed by atoms with van der Waals surface area (Å²) in [6.45, 7) is 8.86. The van der Waals surface area contributed by atoms with Crippen LogP contribution in [-0.4, -0.2) is 16.6 Å². The predicted molar refractivity (Wildman–Crippen MR) is 75.7 cm³/mol. The first-order chi connectivity index (χ1) is 8.00. The molecule has 0 aromatic carbocycles. The van der Waals surface area contributed by atoms with Gasteiger partial charge in [0.1, 0.15) is 16.1 Å². The minimum atomic E-state index is -0.353. The third kappa shape index (κ3) is 2.95. The van der Waals surface area contributed by atoms with Gasteiger partial charge < -0.3 is 9.72 Å². The maximum Gasteiger partial charge on any atom is 0.144 e. The number of aromatic nitrogens is 2. The van der Waals surface area contributed by atoms with Crippen LogP contribution in [0.5, 0.6) is 0 Å². The lowest BCUT2D eigenvalue weighted by molar-refractivity contribution is -0.0573. The van der Waals surface area contributed by atoms with Gasteiger partial charge in [0.2, 0.25) is 0 Å². The molecular weight excluding hydrogens is 300 g/mol. The topological polar surface area (TPSA) is 37.9 Å². The number of H-pyrrole nitrogens is 1. The minimum Gasteiger partial charge on any atom is -0.367 e. The molecule has 5 heteroatoms. The highest BCUT2D eigenvalue weighted by Crippen LogP contribution is 2.31. The molecule has 1 aromatic heterocycles. The second-order valence-electron chi connectivity index (χ2n) is 3.96. The summed E-state index contributed by atoms with van der Waals surface area (Å²) in [6.07, 6.45) is 1.74. The summed E-state index contributed by atoms with van der Waals surface area (Å²) >= 11 is 8.67. The average molecular weight is 319 g/mol. The van der Waals surface area contributed by atoms with E-state index in [0.717, 1.165) is 28.8 Å². The van der Waals surface area contributed by atoms with Crippen LogP contribution in [0.3, 0.4) is 0 Å². The number of hydrogen-bond acceptors (Lipinski definition) is 3. The summed E-state index contributed by atoms with van der Waals surface area (Å²) in [6, 6.07) is 0. The third-order valence-corrected chi connectivity index (χ3v) is 4.56. The Kier molecular flexibility index (Phi) is 5.28. The van der Waals surface area contributed by atoms with Crippen LogP contribution < -0.4 is 0 Å². The lowest BCUT2D eigenvalue weighted by atomic mass is 9.96. The second kappa shape index (κ2) is 6.07. The van der Waals surface area contributed by atoms with Crippen LogP contribution in [0.25, 0.3) is 0 Å². The molecule has 0 fully saturated rings. The van der Waals surface area contributed by atoms with Gasteiger partial charge in [0.15, 0.2) is 0 Å². The monoisotopic (exact) mass is 318 g/mol. The maximum atomic E-state index is 5.91. The van der Waals surface area contributed by atoms with Crippen LogP contribution in [0.4, 0.5) is 0 Å². The smallest absolute Gasteiger partial charge is 0.144 e. The first-order valence-corrected chi connectivity index (χ1v) is 7.11. The molecule has 0 aliphatic rings. The molecule has 0 aliphatic heterocycles. The van der Waals surface area contributed by atoms with Gasteiger partial charge in [-0.1, -0.05) is 26.1 Å². The van der Waals surface area contributed by atoms with Crippen molar-refractivity contribution in [1.29, 1.82) is 0 Å². The molecule has 0 bridgehead atoms. The summed E-state index contributed by atoms with van der Waals surface area (Å²) in [7, 11) is 0. The first kappa shape index (κ1) is 14.8. The van der Waals surface area contributed by atoms with Gasteiger partial charge in [-0.2, -0.15) is 0 Å². The molecule has 0 saturated heterocycles. The van der Waals surface area contributed by atoms with Crippen molar-refractivity contribution in [3.63, 3.8) is 0 Å². The van der Waals surface area contributed by atoms with Crippen molar-refractivity contribution >= 4 is 28.1 Å². The number of hydrogen-bond donors (Lipinski definition) is 1. The quantitative estimate of drug-likeness (QED) is 0.824. The number of aromatic amines is 1. The highest BCUT2D eigenvalue weighted by atomic mass is 79.9. The summed E-state index contributed by atoms with van der Waals surface area (Å²) < 4.78 is 7.35. The molecule has 1 rings (SSSR count). The summed E-state index contributed by atoms with van der Waals surface area (Å²) in [4.78, 5) is 7.75. The van der Waals surface area contributed by atoms with E-state index in [9.17, 15) is 0 Å². The lowest BCUT2D eigenvalue weighted by Crippen LogP contribution is -2.31. The van der Waals surface area contributed by atoms with Crippen molar-refractivity contribution in [1.82, 2.24) is 9.97 Å². The fourth-order valence-corrected chi connectivity index (χ4v) is 2.35. The lowest BCUT2D eigenvalue weighted by Gasteiger charge is -2.30. The maximum absolute atomic E-state index is 5.91. The molecule has 0 amide bonds. The Morgan fingerprint density at radius 2 is 1.94 bits per heavy atom. The van der Waals surface area contributed by atoms with E-state index in [-0.39, 0.29) is 5.60 Å².